The van der Waals surface area contributed by atoms with Gasteiger partial charge in [0.05, 0.1) is 5.52 Å². The van der Waals surface area contributed by atoms with E-state index in [-0.39, 0.29) is 5.41 Å². The predicted molar refractivity (Wildman–Crippen MR) is 265 cm³/mol. The van der Waals surface area contributed by atoms with Crippen molar-refractivity contribution >= 4 is 34.0 Å². The lowest BCUT2D eigenvalue weighted by molar-refractivity contribution is 0.660. The number of nitrogens with zero attached hydrogens (tertiary/aromatic N) is 2. The number of para-hydroxylation sites is 1. The van der Waals surface area contributed by atoms with Crippen molar-refractivity contribution in [1.82, 2.24) is 4.57 Å². The third kappa shape index (κ3) is 6.09. The Hall–Kier alpha value is -7.68. The van der Waals surface area contributed by atoms with Crippen LogP contribution in [0.4, 0.5) is 17.1 Å². The van der Waals surface area contributed by atoms with E-state index in [9.17, 15) is 0 Å². The zero-order valence-corrected chi connectivity index (χ0v) is 35.5. The van der Waals surface area contributed by atoms with Gasteiger partial charge in [0.1, 0.15) is 0 Å². The molecule has 9 aromatic rings. The van der Waals surface area contributed by atoms with Gasteiger partial charge in [-0.3, -0.25) is 0 Å². The Labute approximate surface area is 370 Å². The molecule has 3 aliphatic carbocycles. The average Bonchev–Trinajstić information content (AvgIpc) is 3.81. The second-order valence-corrected chi connectivity index (χ2v) is 17.7. The molecule has 0 saturated carbocycles. The van der Waals surface area contributed by atoms with Gasteiger partial charge in [0.15, 0.2) is 0 Å². The van der Waals surface area contributed by atoms with Crippen molar-refractivity contribution in [1.29, 1.82) is 0 Å². The molecule has 1 heterocycles. The number of anilines is 3. The molecule has 2 heteroatoms. The van der Waals surface area contributed by atoms with Crippen LogP contribution in [0.3, 0.4) is 0 Å². The molecule has 0 amide bonds. The normalized spacial score (nSPS) is 16.3. The van der Waals surface area contributed by atoms with Crippen LogP contribution in [0.25, 0.3) is 67.2 Å². The first-order valence-electron chi connectivity index (χ1n) is 22.2. The summed E-state index contributed by atoms with van der Waals surface area (Å²) in [5, 5.41) is 1.30. The number of rotatable bonds is 7. The van der Waals surface area contributed by atoms with E-state index in [1.807, 2.05) is 0 Å². The summed E-state index contributed by atoms with van der Waals surface area (Å²) < 4.78 is 2.49. The van der Waals surface area contributed by atoms with Crippen LogP contribution in [-0.2, 0) is 5.41 Å². The smallest absolute Gasteiger partial charge is 0.0537 e. The Bertz CT molecular complexity index is 3290. The summed E-state index contributed by atoms with van der Waals surface area (Å²) in [5.41, 5.74) is 21.1. The summed E-state index contributed by atoms with van der Waals surface area (Å²) in [5.74, 6) is 0.676. The van der Waals surface area contributed by atoms with Crippen LogP contribution in [-0.4, -0.2) is 4.57 Å². The lowest BCUT2D eigenvalue weighted by atomic mass is 9.80. The highest BCUT2D eigenvalue weighted by molar-refractivity contribution is 5.95. The lowest BCUT2D eigenvalue weighted by Gasteiger charge is -2.28. The van der Waals surface area contributed by atoms with Gasteiger partial charge in [-0.25, -0.2) is 0 Å². The monoisotopic (exact) mass is 806 g/mol. The average molecular weight is 807 g/mol. The first-order chi connectivity index (χ1) is 31.0. The molecule has 0 spiro atoms. The molecule has 0 bridgehead atoms. The first kappa shape index (κ1) is 37.1. The third-order valence-corrected chi connectivity index (χ3v) is 13.8. The van der Waals surface area contributed by atoms with Crippen LogP contribution < -0.4 is 4.90 Å². The van der Waals surface area contributed by atoms with E-state index < -0.39 is 0 Å². The fourth-order valence-electron chi connectivity index (χ4n) is 10.7. The van der Waals surface area contributed by atoms with E-state index in [4.69, 9.17) is 0 Å². The third-order valence-electron chi connectivity index (χ3n) is 13.8. The minimum absolute atomic E-state index is 0.0519. The topological polar surface area (TPSA) is 8.17 Å². The van der Waals surface area contributed by atoms with E-state index in [0.717, 1.165) is 17.1 Å². The number of hydrogen-bond donors (Lipinski definition) is 0. The maximum absolute atomic E-state index is 2.49. The van der Waals surface area contributed by atoms with Gasteiger partial charge >= 0.3 is 0 Å². The van der Waals surface area contributed by atoms with Crippen molar-refractivity contribution in [2.75, 3.05) is 4.90 Å². The van der Waals surface area contributed by atoms with Crippen LogP contribution in [0.15, 0.2) is 225 Å². The van der Waals surface area contributed by atoms with Crippen molar-refractivity contribution in [3.63, 3.8) is 0 Å². The summed E-state index contributed by atoms with van der Waals surface area (Å²) in [7, 11) is 0. The zero-order valence-electron chi connectivity index (χ0n) is 35.5. The molecule has 0 saturated heterocycles. The summed E-state index contributed by atoms with van der Waals surface area (Å²) in [6.45, 7) is 4.69. The molecule has 12 rings (SSSR count). The Morgan fingerprint density at radius 2 is 1.00 bits per heavy atom. The van der Waals surface area contributed by atoms with Gasteiger partial charge in [0, 0.05) is 56.6 Å². The molecule has 0 aliphatic heterocycles. The number of hydrogen-bond acceptors (Lipinski definition) is 1. The summed E-state index contributed by atoms with van der Waals surface area (Å²) in [6, 6.07) is 71.5. The van der Waals surface area contributed by atoms with Crippen LogP contribution in [0.5, 0.6) is 0 Å². The minimum atomic E-state index is -0.0519. The molecule has 2 atom stereocenters. The molecule has 8 aromatic carbocycles. The molecule has 0 radical (unpaired) electrons. The van der Waals surface area contributed by atoms with Crippen LogP contribution >= 0.6 is 0 Å². The predicted octanol–water partition coefficient (Wildman–Crippen LogP) is 16.3. The van der Waals surface area contributed by atoms with E-state index >= 15 is 0 Å². The number of allylic oxidation sites excluding steroid dienone is 5. The lowest BCUT2D eigenvalue weighted by Crippen LogP contribution is -2.16. The quantitative estimate of drug-likeness (QED) is 0.156. The Morgan fingerprint density at radius 1 is 0.444 bits per heavy atom. The summed E-state index contributed by atoms with van der Waals surface area (Å²) in [4.78, 5) is 2.40. The minimum Gasteiger partial charge on any atom is -0.312 e. The van der Waals surface area contributed by atoms with Crippen molar-refractivity contribution < 1.29 is 0 Å². The maximum Gasteiger partial charge on any atom is 0.0537 e. The first-order valence-corrected chi connectivity index (χ1v) is 22.2. The van der Waals surface area contributed by atoms with Crippen LogP contribution in [0.2, 0.25) is 0 Å². The Balaban J connectivity index is 0.912. The van der Waals surface area contributed by atoms with Crippen molar-refractivity contribution in [3.05, 3.63) is 247 Å². The van der Waals surface area contributed by atoms with Crippen molar-refractivity contribution in [2.45, 2.75) is 25.2 Å². The largest absolute Gasteiger partial charge is 0.312 e. The number of benzene rings is 8. The van der Waals surface area contributed by atoms with Crippen molar-refractivity contribution in [2.24, 2.45) is 5.92 Å². The van der Waals surface area contributed by atoms with E-state index in [1.54, 1.807) is 0 Å². The highest BCUT2D eigenvalue weighted by atomic mass is 15.1. The number of fused-ring (bicyclic) bond motifs is 8. The molecule has 3 aliphatic rings. The molecular weight excluding hydrogens is 761 g/mol. The SMILES string of the molecule is CC1(C)c2ccccc2-c2cc(N(c3ccc(-c4ccccc4)cc3)c3ccc(-c4ccccc4-c4ccc(-n5c6c(c7ccccc75)C=CC5C=CC=CC65)cc4)cc3)ccc21. The molecule has 0 N–H and O–H groups in total. The van der Waals surface area contributed by atoms with Gasteiger partial charge in [-0.05, 0) is 110 Å². The fourth-order valence-corrected chi connectivity index (χ4v) is 10.7. The molecule has 2 nitrogen and oxygen atoms in total. The standard InChI is InChI=1S/C61H46N2/c1-61(2)57-22-12-10-20-53(57)56-40-49(37-39-58(56)61)62(46-31-24-42(25-32-46)41-14-4-3-5-15-41)47-33-26-44(27-34-47)50-17-8-9-18-51(50)45-28-35-48(36-29-45)63-59-23-13-11-21-54(59)55-38-30-43-16-6-7-19-52(43)60(55)63/h3-40,43,52H,1-2H3. The highest BCUT2D eigenvalue weighted by Gasteiger charge is 2.36. The second kappa shape index (κ2) is 14.8. The van der Waals surface area contributed by atoms with Gasteiger partial charge in [-0.2, -0.15) is 0 Å². The van der Waals surface area contributed by atoms with E-state index in [0.29, 0.717) is 11.8 Å². The van der Waals surface area contributed by atoms with E-state index in [2.05, 4.69) is 254 Å². The molecule has 0 fully saturated rings. The number of aromatic nitrogens is 1. The van der Waals surface area contributed by atoms with Gasteiger partial charge in [0.2, 0.25) is 0 Å². The molecule has 63 heavy (non-hydrogen) atoms. The van der Waals surface area contributed by atoms with Gasteiger partial charge in [0.25, 0.3) is 0 Å². The zero-order chi connectivity index (χ0) is 42.1. The highest BCUT2D eigenvalue weighted by Crippen LogP contribution is 2.51. The van der Waals surface area contributed by atoms with Crippen LogP contribution in [0.1, 0.15) is 42.1 Å². The van der Waals surface area contributed by atoms with Crippen LogP contribution in [0, 0.1) is 5.92 Å². The molecular formula is C61H46N2. The van der Waals surface area contributed by atoms with Gasteiger partial charge in [-0.15, -0.1) is 0 Å². The molecule has 2 unspecified atom stereocenters. The maximum atomic E-state index is 2.49. The van der Waals surface area contributed by atoms with Gasteiger partial charge < -0.3 is 9.47 Å². The van der Waals surface area contributed by atoms with E-state index in [1.165, 1.54) is 83.5 Å². The van der Waals surface area contributed by atoms with Crippen molar-refractivity contribution in [3.8, 4) is 50.2 Å². The molecule has 300 valence electrons. The van der Waals surface area contributed by atoms with Gasteiger partial charge in [-0.1, -0.05) is 190 Å². The Kier molecular flexibility index (Phi) is 8.69. The fraction of sp³-hybridized carbons (Fsp3) is 0.0820. The second-order valence-electron chi connectivity index (χ2n) is 17.7. The molecule has 1 aromatic heterocycles. The summed E-state index contributed by atoms with van der Waals surface area (Å²) >= 11 is 0. The Morgan fingerprint density at radius 3 is 1.73 bits per heavy atom. The summed E-state index contributed by atoms with van der Waals surface area (Å²) in [6.07, 6.45) is 13.8.